The van der Waals surface area contributed by atoms with Gasteiger partial charge in [0.1, 0.15) is 5.00 Å². The van der Waals surface area contributed by atoms with E-state index < -0.39 is 5.97 Å². The van der Waals surface area contributed by atoms with Crippen LogP contribution in [0.15, 0.2) is 36.4 Å². The molecule has 0 aliphatic carbocycles. The molecule has 0 spiro atoms. The summed E-state index contributed by atoms with van der Waals surface area (Å²) in [5, 5.41) is 12.5. The first kappa shape index (κ1) is 15.5. The SMILES string of the molecule is O=C(O)C1CCN(C(=O)Nc2cc(-c3ccccc3)ns2)CC1. The largest absolute Gasteiger partial charge is 0.481 e. The first-order valence-corrected chi connectivity index (χ1v) is 8.21. The van der Waals surface area contributed by atoms with Crippen molar-refractivity contribution in [1.29, 1.82) is 0 Å². The van der Waals surface area contributed by atoms with Crippen LogP contribution >= 0.6 is 11.5 Å². The van der Waals surface area contributed by atoms with Crippen molar-refractivity contribution in [3.8, 4) is 11.3 Å². The van der Waals surface area contributed by atoms with Gasteiger partial charge in [-0.2, -0.15) is 4.37 Å². The van der Waals surface area contributed by atoms with E-state index in [1.54, 1.807) is 4.90 Å². The Labute approximate surface area is 137 Å². The van der Waals surface area contributed by atoms with E-state index in [4.69, 9.17) is 5.11 Å². The number of aromatic nitrogens is 1. The van der Waals surface area contributed by atoms with Crippen LogP contribution in [0.1, 0.15) is 12.8 Å². The van der Waals surface area contributed by atoms with Crippen molar-refractivity contribution < 1.29 is 14.7 Å². The standard InChI is InChI=1S/C16H17N3O3S/c20-15(21)12-6-8-19(9-7-12)16(22)17-14-10-13(18-23-14)11-4-2-1-3-5-11/h1-5,10,12H,6-9H2,(H,17,22)(H,20,21). The van der Waals surface area contributed by atoms with Crippen molar-refractivity contribution in [2.75, 3.05) is 18.4 Å². The highest BCUT2D eigenvalue weighted by Gasteiger charge is 2.27. The smallest absolute Gasteiger partial charge is 0.322 e. The summed E-state index contributed by atoms with van der Waals surface area (Å²) in [5.74, 6) is -1.12. The number of carboxylic acid groups (broad SMARTS) is 1. The number of aliphatic carboxylic acids is 1. The number of nitrogens with zero attached hydrogens (tertiary/aromatic N) is 2. The van der Waals surface area contributed by atoms with Gasteiger partial charge in [0.2, 0.25) is 0 Å². The molecule has 1 saturated heterocycles. The summed E-state index contributed by atoms with van der Waals surface area (Å²) < 4.78 is 4.35. The Balaban J connectivity index is 1.59. The Kier molecular flexibility index (Phi) is 4.57. The van der Waals surface area contributed by atoms with Crippen LogP contribution in [0, 0.1) is 5.92 Å². The van der Waals surface area contributed by atoms with E-state index in [1.807, 2.05) is 36.4 Å². The van der Waals surface area contributed by atoms with Gasteiger partial charge >= 0.3 is 12.0 Å². The summed E-state index contributed by atoms with van der Waals surface area (Å²) >= 11 is 1.24. The molecule has 0 atom stereocenters. The minimum atomic E-state index is -0.778. The molecule has 6 nitrogen and oxygen atoms in total. The Hall–Kier alpha value is -2.41. The predicted octanol–water partition coefficient (Wildman–Crippen LogP) is 3.14. The van der Waals surface area contributed by atoms with Gasteiger partial charge in [-0.3, -0.25) is 10.1 Å². The number of likely N-dealkylation sites (tertiary alicyclic amines) is 1. The lowest BCUT2D eigenvalue weighted by Gasteiger charge is -2.29. The molecule has 0 unspecified atom stereocenters. The lowest BCUT2D eigenvalue weighted by molar-refractivity contribution is -0.143. The van der Waals surface area contributed by atoms with Gasteiger partial charge in [0, 0.05) is 24.7 Å². The normalized spacial score (nSPS) is 15.4. The Morgan fingerprint density at radius 2 is 1.91 bits per heavy atom. The van der Waals surface area contributed by atoms with Crippen LogP contribution < -0.4 is 5.32 Å². The molecule has 1 fully saturated rings. The lowest BCUT2D eigenvalue weighted by atomic mass is 9.97. The van der Waals surface area contributed by atoms with E-state index >= 15 is 0 Å². The van der Waals surface area contributed by atoms with Crippen molar-refractivity contribution in [2.24, 2.45) is 5.92 Å². The zero-order chi connectivity index (χ0) is 16.2. The number of carboxylic acids is 1. The summed E-state index contributed by atoms with van der Waals surface area (Å²) in [7, 11) is 0. The molecule has 2 aromatic rings. The topological polar surface area (TPSA) is 82.5 Å². The molecule has 1 aromatic carbocycles. The van der Waals surface area contributed by atoms with Crippen LogP contribution in [0.25, 0.3) is 11.3 Å². The molecule has 2 heterocycles. The van der Waals surface area contributed by atoms with E-state index in [0.717, 1.165) is 11.3 Å². The average molecular weight is 331 g/mol. The third-order valence-corrected chi connectivity index (χ3v) is 4.65. The van der Waals surface area contributed by atoms with Gasteiger partial charge in [0.25, 0.3) is 0 Å². The van der Waals surface area contributed by atoms with Crippen molar-refractivity contribution in [2.45, 2.75) is 12.8 Å². The fraction of sp³-hybridized carbons (Fsp3) is 0.312. The van der Waals surface area contributed by atoms with Crippen molar-refractivity contribution in [1.82, 2.24) is 9.27 Å². The van der Waals surface area contributed by atoms with E-state index in [2.05, 4.69) is 9.69 Å². The van der Waals surface area contributed by atoms with Crippen LogP contribution in [-0.2, 0) is 4.79 Å². The first-order valence-electron chi connectivity index (χ1n) is 7.44. The minimum Gasteiger partial charge on any atom is -0.481 e. The number of carbonyl (C=O) groups excluding carboxylic acids is 1. The van der Waals surface area contributed by atoms with Crippen molar-refractivity contribution in [3.63, 3.8) is 0 Å². The number of urea groups is 1. The number of anilines is 1. The van der Waals surface area contributed by atoms with E-state index in [0.29, 0.717) is 30.9 Å². The molecule has 23 heavy (non-hydrogen) atoms. The molecule has 1 aliphatic heterocycles. The Bertz CT molecular complexity index is 694. The van der Waals surface area contributed by atoms with Crippen LogP contribution in [-0.4, -0.2) is 39.5 Å². The molecule has 2 N–H and O–H groups in total. The molecule has 120 valence electrons. The maximum atomic E-state index is 12.2. The monoisotopic (exact) mass is 331 g/mol. The van der Waals surface area contributed by atoms with Gasteiger partial charge in [-0.1, -0.05) is 30.3 Å². The highest BCUT2D eigenvalue weighted by Crippen LogP contribution is 2.26. The van der Waals surface area contributed by atoms with Crippen molar-refractivity contribution in [3.05, 3.63) is 36.4 Å². The summed E-state index contributed by atoms with van der Waals surface area (Å²) in [4.78, 5) is 24.8. The fourth-order valence-corrected chi connectivity index (χ4v) is 3.25. The lowest BCUT2D eigenvalue weighted by Crippen LogP contribution is -2.42. The number of piperidine rings is 1. The van der Waals surface area contributed by atoms with Gasteiger partial charge in [0.15, 0.2) is 0 Å². The quantitative estimate of drug-likeness (QED) is 0.905. The van der Waals surface area contributed by atoms with Gasteiger partial charge in [-0.05, 0) is 24.4 Å². The van der Waals surface area contributed by atoms with Gasteiger partial charge in [-0.15, -0.1) is 0 Å². The number of rotatable bonds is 3. The number of hydrogen-bond donors (Lipinski definition) is 2. The molecule has 7 heteroatoms. The second kappa shape index (κ2) is 6.78. The summed E-state index contributed by atoms with van der Waals surface area (Å²) in [6, 6.07) is 11.4. The number of benzene rings is 1. The Morgan fingerprint density at radius 1 is 1.22 bits per heavy atom. The average Bonchev–Trinajstić information content (AvgIpc) is 3.04. The number of carbonyl (C=O) groups is 2. The van der Waals surface area contributed by atoms with Crippen molar-refractivity contribution >= 4 is 28.5 Å². The predicted molar refractivity (Wildman–Crippen MR) is 88.5 cm³/mol. The summed E-state index contributed by atoms with van der Waals surface area (Å²) in [6.45, 7) is 0.931. The maximum Gasteiger partial charge on any atom is 0.322 e. The zero-order valence-corrected chi connectivity index (χ0v) is 13.3. The highest BCUT2D eigenvalue weighted by atomic mass is 32.1. The molecule has 0 bridgehead atoms. The van der Waals surface area contributed by atoms with Gasteiger partial charge in [0.05, 0.1) is 11.6 Å². The second-order valence-electron chi connectivity index (χ2n) is 5.47. The Morgan fingerprint density at radius 3 is 2.57 bits per heavy atom. The van der Waals surface area contributed by atoms with Gasteiger partial charge < -0.3 is 10.0 Å². The maximum absolute atomic E-state index is 12.2. The fourth-order valence-electron chi connectivity index (χ4n) is 2.59. The molecule has 1 aliphatic rings. The highest BCUT2D eigenvalue weighted by molar-refractivity contribution is 7.10. The van der Waals surface area contributed by atoms with E-state index in [9.17, 15) is 9.59 Å². The molecular formula is C16H17N3O3S. The third kappa shape index (κ3) is 3.68. The van der Waals surface area contributed by atoms with Crippen LogP contribution in [0.5, 0.6) is 0 Å². The number of nitrogens with one attached hydrogen (secondary N) is 1. The van der Waals surface area contributed by atoms with Crippen LogP contribution in [0.2, 0.25) is 0 Å². The molecule has 0 radical (unpaired) electrons. The van der Waals surface area contributed by atoms with Crippen LogP contribution in [0.4, 0.5) is 9.80 Å². The molecule has 2 amide bonds. The molecule has 1 aromatic heterocycles. The molecule has 3 rings (SSSR count). The zero-order valence-electron chi connectivity index (χ0n) is 12.4. The van der Waals surface area contributed by atoms with E-state index in [1.165, 1.54) is 11.5 Å². The number of hydrogen-bond acceptors (Lipinski definition) is 4. The summed E-state index contributed by atoms with van der Waals surface area (Å²) in [5.41, 5.74) is 1.84. The number of amides is 2. The molecular weight excluding hydrogens is 314 g/mol. The first-order chi connectivity index (χ1) is 11.1. The van der Waals surface area contributed by atoms with E-state index in [-0.39, 0.29) is 11.9 Å². The van der Waals surface area contributed by atoms with Gasteiger partial charge in [-0.25, -0.2) is 4.79 Å². The third-order valence-electron chi connectivity index (χ3n) is 3.94. The molecule has 0 saturated carbocycles. The van der Waals surface area contributed by atoms with Crippen LogP contribution in [0.3, 0.4) is 0 Å². The second-order valence-corrected chi connectivity index (χ2v) is 6.28. The minimum absolute atomic E-state index is 0.197. The summed E-state index contributed by atoms with van der Waals surface area (Å²) in [6.07, 6.45) is 1.00.